The van der Waals surface area contributed by atoms with Crippen LogP contribution in [0.25, 0.3) is 10.9 Å². The van der Waals surface area contributed by atoms with E-state index < -0.39 is 23.9 Å². The Balaban J connectivity index is 1.47. The van der Waals surface area contributed by atoms with Gasteiger partial charge < -0.3 is 20.9 Å². The van der Waals surface area contributed by atoms with Crippen LogP contribution in [0.1, 0.15) is 42.6 Å². The van der Waals surface area contributed by atoms with Gasteiger partial charge in [-0.3, -0.25) is 19.2 Å². The van der Waals surface area contributed by atoms with Crippen molar-refractivity contribution in [2.75, 3.05) is 12.4 Å². The molecule has 176 valence electrons. The number of amides is 3. The number of rotatable bonds is 10. The summed E-state index contributed by atoms with van der Waals surface area (Å²) in [5, 5.41) is 9.57. The van der Waals surface area contributed by atoms with E-state index in [-0.39, 0.29) is 29.9 Å². The Hall–Kier alpha value is -2.58. The number of alkyl halides is 1. The Morgan fingerprint density at radius 1 is 1.09 bits per heavy atom. The van der Waals surface area contributed by atoms with Gasteiger partial charge in [-0.15, -0.1) is 11.6 Å². The number of nitrogens with one attached hydrogen (secondary N) is 4. The van der Waals surface area contributed by atoms with E-state index in [1.807, 2.05) is 6.07 Å². The number of Topliss-reactive ketones (excluding diaryl/α,β-unsaturated/α-hetero) is 1. The van der Waals surface area contributed by atoms with Gasteiger partial charge in [0.15, 0.2) is 5.78 Å². The number of para-hydroxylation sites is 1. The second-order valence-electron chi connectivity index (χ2n) is 8.77. The van der Waals surface area contributed by atoms with E-state index in [1.54, 1.807) is 18.2 Å². The normalized spacial score (nSPS) is 19.7. The molecule has 0 unspecified atom stereocenters. The highest BCUT2D eigenvalue weighted by Gasteiger charge is 2.35. The molecule has 1 aliphatic heterocycles. The van der Waals surface area contributed by atoms with Gasteiger partial charge in [0.1, 0.15) is 11.7 Å². The number of hydrogen-bond acceptors (Lipinski definition) is 4. The van der Waals surface area contributed by atoms with Crippen molar-refractivity contribution >= 4 is 57.6 Å². The van der Waals surface area contributed by atoms with Crippen molar-refractivity contribution in [1.29, 1.82) is 0 Å². The van der Waals surface area contributed by atoms with Crippen LogP contribution in [0.4, 0.5) is 0 Å². The predicted molar refractivity (Wildman–Crippen MR) is 125 cm³/mol. The van der Waals surface area contributed by atoms with Crippen molar-refractivity contribution in [1.82, 2.24) is 20.9 Å². The molecule has 0 bridgehead atoms. The summed E-state index contributed by atoms with van der Waals surface area (Å²) in [6.07, 6.45) is 3.26. The average molecular weight is 493 g/mol. The summed E-state index contributed by atoms with van der Waals surface area (Å²) in [4.78, 5) is 53.4. The van der Waals surface area contributed by atoms with Gasteiger partial charge in [-0.1, -0.05) is 36.6 Å². The Morgan fingerprint density at radius 2 is 1.88 bits per heavy atom. The molecule has 2 fully saturated rings. The lowest BCUT2D eigenvalue weighted by Crippen LogP contribution is -2.52. The van der Waals surface area contributed by atoms with Crippen LogP contribution in [0, 0.1) is 11.8 Å². The van der Waals surface area contributed by atoms with Crippen LogP contribution in [0.15, 0.2) is 24.3 Å². The monoisotopic (exact) mass is 492 g/mol. The zero-order chi connectivity index (χ0) is 23.5. The standard InChI is InChI=1S/C23H26Cl2N4O4/c24-11-19(30)16(10-14-6-7-26-21(14)31)28-22(32)17(8-12-4-5-12)29-23(33)18-9-13-2-1-3-15(25)20(13)27-18/h1-3,9,12,14,16-17,27H,4-8,10-11H2,(H,26,31)(H,28,32)(H,29,33)/t14-,16-,17-/m0/s1. The molecule has 1 aromatic carbocycles. The van der Waals surface area contributed by atoms with Gasteiger partial charge >= 0.3 is 0 Å². The van der Waals surface area contributed by atoms with Crippen molar-refractivity contribution in [3.8, 4) is 0 Å². The van der Waals surface area contributed by atoms with E-state index in [0.29, 0.717) is 41.5 Å². The number of H-pyrrole nitrogens is 1. The maximum absolute atomic E-state index is 13.1. The molecule has 8 nitrogen and oxygen atoms in total. The van der Waals surface area contributed by atoms with Crippen molar-refractivity contribution in [2.45, 2.75) is 44.2 Å². The van der Waals surface area contributed by atoms with Crippen LogP contribution in [0.3, 0.4) is 0 Å². The van der Waals surface area contributed by atoms with E-state index in [1.165, 1.54) is 0 Å². The van der Waals surface area contributed by atoms with Crippen molar-refractivity contribution in [3.05, 3.63) is 35.0 Å². The van der Waals surface area contributed by atoms with Crippen LogP contribution >= 0.6 is 23.2 Å². The van der Waals surface area contributed by atoms with Gasteiger partial charge in [0.05, 0.1) is 22.5 Å². The lowest BCUT2D eigenvalue weighted by atomic mass is 9.95. The van der Waals surface area contributed by atoms with E-state index in [0.717, 1.165) is 18.2 Å². The Labute approximate surface area is 201 Å². The maximum Gasteiger partial charge on any atom is 0.268 e. The Morgan fingerprint density at radius 3 is 2.52 bits per heavy atom. The second-order valence-corrected chi connectivity index (χ2v) is 9.44. The summed E-state index contributed by atoms with van der Waals surface area (Å²) in [6.45, 7) is 0.550. The summed E-state index contributed by atoms with van der Waals surface area (Å²) < 4.78 is 0. The minimum absolute atomic E-state index is 0.128. The topological polar surface area (TPSA) is 120 Å². The van der Waals surface area contributed by atoms with Crippen molar-refractivity contribution < 1.29 is 19.2 Å². The lowest BCUT2D eigenvalue weighted by molar-refractivity contribution is -0.129. The predicted octanol–water partition coefficient (Wildman–Crippen LogP) is 2.54. The quantitative estimate of drug-likeness (QED) is 0.380. The lowest BCUT2D eigenvalue weighted by Gasteiger charge is -2.23. The molecule has 0 radical (unpaired) electrons. The molecule has 3 atom stereocenters. The van der Waals surface area contributed by atoms with Crippen LogP contribution < -0.4 is 16.0 Å². The summed E-state index contributed by atoms with van der Waals surface area (Å²) in [6, 6.07) is 5.35. The first kappa shape index (κ1) is 23.6. The molecule has 2 heterocycles. The molecule has 33 heavy (non-hydrogen) atoms. The van der Waals surface area contributed by atoms with E-state index in [4.69, 9.17) is 23.2 Å². The molecule has 1 saturated heterocycles. The van der Waals surface area contributed by atoms with Gasteiger partial charge in [0.2, 0.25) is 11.8 Å². The van der Waals surface area contributed by atoms with Gasteiger partial charge in [0, 0.05) is 17.8 Å². The molecular weight excluding hydrogens is 467 g/mol. The SMILES string of the molecule is O=C(N[C@@H](CC1CC1)C(=O)N[C@@H](C[C@@H]1CCNC1=O)C(=O)CCl)c1cc2cccc(Cl)c2[nH]1. The molecule has 2 aromatic rings. The molecule has 4 N–H and O–H groups in total. The first-order valence-corrected chi connectivity index (χ1v) is 12.0. The van der Waals surface area contributed by atoms with E-state index >= 15 is 0 Å². The van der Waals surface area contributed by atoms with Crippen LogP contribution in [-0.2, 0) is 14.4 Å². The first-order valence-electron chi connectivity index (χ1n) is 11.1. The van der Waals surface area contributed by atoms with Gasteiger partial charge in [-0.05, 0) is 37.3 Å². The number of aromatic amines is 1. The van der Waals surface area contributed by atoms with Crippen molar-refractivity contribution in [2.24, 2.45) is 11.8 Å². The second kappa shape index (κ2) is 10.1. The Kier molecular flexibility index (Phi) is 7.24. The third-order valence-corrected chi connectivity index (χ3v) is 6.84. The summed E-state index contributed by atoms with van der Waals surface area (Å²) in [7, 11) is 0. The fourth-order valence-electron chi connectivity index (χ4n) is 4.19. The summed E-state index contributed by atoms with van der Waals surface area (Å²) in [5.74, 6) is -1.64. The summed E-state index contributed by atoms with van der Waals surface area (Å²) >= 11 is 11.9. The third kappa shape index (κ3) is 5.68. The van der Waals surface area contributed by atoms with Gasteiger partial charge in [0.25, 0.3) is 5.91 Å². The average Bonchev–Trinajstić information content (AvgIpc) is 3.35. The number of fused-ring (bicyclic) bond motifs is 1. The highest BCUT2D eigenvalue weighted by Crippen LogP contribution is 2.34. The maximum atomic E-state index is 13.1. The molecule has 1 saturated carbocycles. The van der Waals surface area contributed by atoms with E-state index in [2.05, 4.69) is 20.9 Å². The van der Waals surface area contributed by atoms with Gasteiger partial charge in [-0.25, -0.2) is 0 Å². The molecule has 10 heteroatoms. The molecule has 3 amide bonds. The fourth-order valence-corrected chi connectivity index (χ4v) is 4.60. The highest BCUT2D eigenvalue weighted by atomic mass is 35.5. The van der Waals surface area contributed by atoms with Gasteiger partial charge in [-0.2, -0.15) is 0 Å². The third-order valence-electron chi connectivity index (χ3n) is 6.26. The molecule has 0 spiro atoms. The first-order chi connectivity index (χ1) is 15.9. The Bertz CT molecular complexity index is 1080. The number of carbonyl (C=O) groups excluding carboxylic acids is 4. The molecule has 1 aromatic heterocycles. The zero-order valence-corrected chi connectivity index (χ0v) is 19.5. The van der Waals surface area contributed by atoms with Crippen LogP contribution in [-0.4, -0.2) is 53.0 Å². The largest absolute Gasteiger partial charge is 0.356 e. The highest BCUT2D eigenvalue weighted by molar-refractivity contribution is 6.35. The summed E-state index contributed by atoms with van der Waals surface area (Å²) in [5.41, 5.74) is 0.942. The molecule has 2 aliphatic rings. The fraction of sp³-hybridized carbons (Fsp3) is 0.478. The number of carbonyl (C=O) groups is 4. The number of hydrogen-bond donors (Lipinski definition) is 4. The minimum atomic E-state index is -0.880. The van der Waals surface area contributed by atoms with Crippen LogP contribution in [0.5, 0.6) is 0 Å². The molecular formula is C23H26Cl2N4O4. The number of aromatic nitrogens is 1. The van der Waals surface area contributed by atoms with Crippen LogP contribution in [0.2, 0.25) is 5.02 Å². The zero-order valence-electron chi connectivity index (χ0n) is 18.0. The number of benzene rings is 1. The van der Waals surface area contributed by atoms with Crippen molar-refractivity contribution in [3.63, 3.8) is 0 Å². The van der Waals surface area contributed by atoms with E-state index in [9.17, 15) is 19.2 Å². The minimum Gasteiger partial charge on any atom is -0.356 e. The number of halogens is 2. The smallest absolute Gasteiger partial charge is 0.268 e. The molecule has 1 aliphatic carbocycles. The molecule has 4 rings (SSSR count). The number of ketones is 1.